The summed E-state index contributed by atoms with van der Waals surface area (Å²) in [6.45, 7) is 0.477. The van der Waals surface area contributed by atoms with Crippen LogP contribution in [0.25, 0.3) is 0 Å². The zero-order valence-corrected chi connectivity index (χ0v) is 14.0. The molecule has 0 bridgehead atoms. The third-order valence-corrected chi connectivity index (χ3v) is 4.56. The number of carbonyl (C=O) groups is 1. The molecule has 1 fully saturated rings. The van der Waals surface area contributed by atoms with Crippen molar-refractivity contribution in [2.24, 2.45) is 11.8 Å². The minimum Gasteiger partial charge on any atom is -0.493 e. The normalized spacial score (nSPS) is 19.8. The van der Waals surface area contributed by atoms with Crippen molar-refractivity contribution in [1.29, 1.82) is 0 Å². The number of hydrogen-bond donors (Lipinski definition) is 0. The maximum absolute atomic E-state index is 12.1. The van der Waals surface area contributed by atoms with Crippen LogP contribution in [0.1, 0.15) is 11.1 Å². The molecule has 126 valence electrons. The molecule has 3 rings (SSSR count). The van der Waals surface area contributed by atoms with Crippen molar-refractivity contribution in [2.75, 3.05) is 20.8 Å². The smallest absolute Gasteiger partial charge is 0.309 e. The number of ether oxygens (including phenoxy) is 3. The third kappa shape index (κ3) is 3.53. The van der Waals surface area contributed by atoms with Gasteiger partial charge in [-0.15, -0.1) is 0 Å². The highest BCUT2D eigenvalue weighted by atomic mass is 16.5. The highest BCUT2D eigenvalue weighted by Gasteiger charge is 2.36. The van der Waals surface area contributed by atoms with Gasteiger partial charge in [0.15, 0.2) is 11.5 Å². The number of benzene rings is 2. The van der Waals surface area contributed by atoms with Gasteiger partial charge in [-0.1, -0.05) is 36.4 Å². The van der Waals surface area contributed by atoms with Crippen LogP contribution >= 0.6 is 0 Å². The molecule has 2 aromatic carbocycles. The molecular formula is C20H22O4. The van der Waals surface area contributed by atoms with E-state index in [4.69, 9.17) is 14.2 Å². The minimum absolute atomic E-state index is 0.0932. The Kier molecular flexibility index (Phi) is 5.04. The maximum atomic E-state index is 12.1. The maximum Gasteiger partial charge on any atom is 0.309 e. The Morgan fingerprint density at radius 3 is 2.42 bits per heavy atom. The van der Waals surface area contributed by atoms with Gasteiger partial charge in [0.25, 0.3) is 0 Å². The number of hydrogen-bond acceptors (Lipinski definition) is 4. The lowest BCUT2D eigenvalue weighted by Gasteiger charge is -2.16. The van der Waals surface area contributed by atoms with Crippen LogP contribution in [0.3, 0.4) is 0 Å². The van der Waals surface area contributed by atoms with Gasteiger partial charge in [-0.05, 0) is 36.1 Å². The van der Waals surface area contributed by atoms with Gasteiger partial charge in [-0.2, -0.15) is 0 Å². The summed E-state index contributed by atoms with van der Waals surface area (Å²) in [5.41, 5.74) is 2.28. The summed E-state index contributed by atoms with van der Waals surface area (Å²) >= 11 is 0. The van der Waals surface area contributed by atoms with Gasteiger partial charge in [0.05, 0.1) is 26.7 Å². The van der Waals surface area contributed by atoms with Crippen LogP contribution < -0.4 is 9.47 Å². The summed E-state index contributed by atoms with van der Waals surface area (Å²) in [7, 11) is 3.25. The average Bonchev–Trinajstić information content (AvgIpc) is 2.96. The molecule has 0 N–H and O–H groups in total. The first-order valence-electron chi connectivity index (χ1n) is 8.12. The lowest BCUT2D eigenvalue weighted by Crippen LogP contribution is -2.20. The first kappa shape index (κ1) is 16.4. The fourth-order valence-corrected chi connectivity index (χ4v) is 3.23. The van der Waals surface area contributed by atoms with Gasteiger partial charge in [-0.3, -0.25) is 4.79 Å². The molecule has 4 nitrogen and oxygen atoms in total. The summed E-state index contributed by atoms with van der Waals surface area (Å²) in [6.07, 6.45) is 1.50. The Morgan fingerprint density at radius 2 is 1.71 bits per heavy atom. The van der Waals surface area contributed by atoms with Crippen molar-refractivity contribution in [3.05, 3.63) is 59.7 Å². The van der Waals surface area contributed by atoms with Crippen molar-refractivity contribution in [3.63, 3.8) is 0 Å². The van der Waals surface area contributed by atoms with E-state index in [2.05, 4.69) is 12.1 Å². The van der Waals surface area contributed by atoms with Gasteiger partial charge in [0, 0.05) is 5.92 Å². The van der Waals surface area contributed by atoms with E-state index in [0.717, 1.165) is 18.4 Å². The van der Waals surface area contributed by atoms with Crippen molar-refractivity contribution >= 4 is 5.97 Å². The second-order valence-electron chi connectivity index (χ2n) is 6.08. The fourth-order valence-electron chi connectivity index (χ4n) is 3.23. The summed E-state index contributed by atoms with van der Waals surface area (Å²) in [5.74, 6) is 1.40. The van der Waals surface area contributed by atoms with Crippen molar-refractivity contribution < 1.29 is 19.0 Å². The molecule has 0 amide bonds. The number of cyclic esters (lactones) is 1. The lowest BCUT2D eigenvalue weighted by molar-refractivity contribution is -0.141. The molecule has 0 aromatic heterocycles. The predicted octanol–water partition coefficient (Wildman–Crippen LogP) is 3.28. The molecule has 2 atom stereocenters. The van der Waals surface area contributed by atoms with Gasteiger partial charge in [0.2, 0.25) is 0 Å². The molecule has 0 spiro atoms. The van der Waals surface area contributed by atoms with Gasteiger partial charge in [0.1, 0.15) is 0 Å². The van der Waals surface area contributed by atoms with Gasteiger partial charge < -0.3 is 14.2 Å². The van der Waals surface area contributed by atoms with Gasteiger partial charge >= 0.3 is 5.97 Å². The fraction of sp³-hybridized carbons (Fsp3) is 0.350. The average molecular weight is 326 g/mol. The molecule has 1 aliphatic heterocycles. The number of methoxy groups -OCH3 is 2. The minimum atomic E-state index is -0.0968. The van der Waals surface area contributed by atoms with E-state index in [9.17, 15) is 4.79 Å². The SMILES string of the molecule is COc1ccc(C[C@@H]2COC(=O)[C@H]2Cc2ccccc2)cc1OC. The van der Waals surface area contributed by atoms with E-state index >= 15 is 0 Å². The molecule has 0 aliphatic carbocycles. The molecule has 24 heavy (non-hydrogen) atoms. The Bertz CT molecular complexity index is 696. The number of esters is 1. The second kappa shape index (κ2) is 7.39. The Labute approximate surface area is 142 Å². The van der Waals surface area contributed by atoms with E-state index in [1.165, 1.54) is 5.56 Å². The Hall–Kier alpha value is -2.49. The monoisotopic (exact) mass is 326 g/mol. The zero-order chi connectivity index (χ0) is 16.9. The largest absolute Gasteiger partial charge is 0.493 e. The molecule has 1 aliphatic rings. The highest BCUT2D eigenvalue weighted by molar-refractivity contribution is 5.75. The Morgan fingerprint density at radius 1 is 0.958 bits per heavy atom. The van der Waals surface area contributed by atoms with Crippen LogP contribution in [0.5, 0.6) is 11.5 Å². The number of rotatable bonds is 6. The standard InChI is InChI=1S/C20H22O4/c1-22-18-9-8-15(12-19(18)23-2)10-16-13-24-20(21)17(16)11-14-6-4-3-5-7-14/h3-9,12,16-17H,10-11,13H2,1-2H3/t16-,17+/m1/s1. The Balaban J connectivity index is 1.74. The second-order valence-corrected chi connectivity index (χ2v) is 6.08. The molecule has 1 saturated heterocycles. The summed E-state index contributed by atoms with van der Waals surface area (Å²) < 4.78 is 16.0. The zero-order valence-electron chi connectivity index (χ0n) is 14.0. The lowest BCUT2D eigenvalue weighted by atomic mass is 9.85. The van der Waals surface area contributed by atoms with Crippen LogP contribution in [-0.4, -0.2) is 26.8 Å². The summed E-state index contributed by atoms with van der Waals surface area (Å²) in [5, 5.41) is 0. The van der Waals surface area contributed by atoms with E-state index in [0.29, 0.717) is 18.1 Å². The first-order chi connectivity index (χ1) is 11.7. The summed E-state index contributed by atoms with van der Waals surface area (Å²) in [6, 6.07) is 16.0. The molecular weight excluding hydrogens is 304 g/mol. The molecule has 4 heteroatoms. The van der Waals surface area contributed by atoms with Gasteiger partial charge in [-0.25, -0.2) is 0 Å². The third-order valence-electron chi connectivity index (χ3n) is 4.56. The van der Waals surface area contributed by atoms with E-state index in [1.807, 2.05) is 36.4 Å². The van der Waals surface area contributed by atoms with Crippen molar-refractivity contribution in [1.82, 2.24) is 0 Å². The number of carbonyl (C=O) groups excluding carboxylic acids is 1. The summed E-state index contributed by atoms with van der Waals surface area (Å²) in [4.78, 5) is 12.1. The molecule has 0 unspecified atom stereocenters. The quantitative estimate of drug-likeness (QED) is 0.764. The predicted molar refractivity (Wildman–Crippen MR) is 91.3 cm³/mol. The van der Waals surface area contributed by atoms with Crippen LogP contribution in [-0.2, 0) is 22.4 Å². The first-order valence-corrected chi connectivity index (χ1v) is 8.12. The van der Waals surface area contributed by atoms with E-state index in [1.54, 1.807) is 14.2 Å². The van der Waals surface area contributed by atoms with Crippen LogP contribution in [0.15, 0.2) is 48.5 Å². The molecule has 2 aromatic rings. The van der Waals surface area contributed by atoms with E-state index in [-0.39, 0.29) is 17.8 Å². The van der Waals surface area contributed by atoms with Crippen LogP contribution in [0.2, 0.25) is 0 Å². The molecule has 1 heterocycles. The highest BCUT2D eigenvalue weighted by Crippen LogP contribution is 2.32. The van der Waals surface area contributed by atoms with Crippen molar-refractivity contribution in [2.45, 2.75) is 12.8 Å². The van der Waals surface area contributed by atoms with Crippen LogP contribution in [0.4, 0.5) is 0 Å². The van der Waals surface area contributed by atoms with Crippen LogP contribution in [0, 0.1) is 11.8 Å². The topological polar surface area (TPSA) is 44.8 Å². The van der Waals surface area contributed by atoms with E-state index < -0.39 is 0 Å². The van der Waals surface area contributed by atoms with Crippen molar-refractivity contribution in [3.8, 4) is 11.5 Å². The molecule has 0 radical (unpaired) electrons. The molecule has 0 saturated carbocycles.